The van der Waals surface area contributed by atoms with E-state index in [1.165, 1.54) is 12.3 Å². The van der Waals surface area contributed by atoms with E-state index in [1.807, 2.05) is 0 Å². The zero-order chi connectivity index (χ0) is 12.0. The Morgan fingerprint density at radius 2 is 2.25 bits per heavy atom. The van der Waals surface area contributed by atoms with Crippen LogP contribution in [0.4, 0.5) is 0 Å². The Balaban J connectivity index is 2.96. The minimum atomic E-state index is -0.909. The van der Waals surface area contributed by atoms with Crippen LogP contribution in [0.5, 0.6) is 0 Å². The van der Waals surface area contributed by atoms with Crippen LogP contribution in [0.15, 0.2) is 24.4 Å². The van der Waals surface area contributed by atoms with Gasteiger partial charge < -0.3 is 4.74 Å². The molecule has 1 rings (SSSR count). The number of rotatable bonds is 4. The van der Waals surface area contributed by atoms with Crippen LogP contribution in [-0.2, 0) is 9.53 Å². The molecular formula is C10H10N3O3+. The van der Waals surface area contributed by atoms with Crippen LogP contribution < -0.4 is 0 Å². The maximum Gasteiger partial charge on any atom is 0.497 e. The highest BCUT2D eigenvalue weighted by molar-refractivity contribution is 6.65. The highest BCUT2D eigenvalue weighted by Gasteiger charge is 2.35. The molecule has 6 heteroatoms. The summed E-state index contributed by atoms with van der Waals surface area (Å²) in [6.07, 6.45) is 1.42. The van der Waals surface area contributed by atoms with Gasteiger partial charge in [-0.05, 0) is 19.1 Å². The second-order valence-corrected chi connectivity index (χ2v) is 2.72. The number of carbonyl (C=O) groups is 2. The summed E-state index contributed by atoms with van der Waals surface area (Å²) >= 11 is 0. The molecule has 82 valence electrons. The van der Waals surface area contributed by atoms with Crippen molar-refractivity contribution < 1.29 is 19.1 Å². The fourth-order valence-electron chi connectivity index (χ4n) is 1.01. The summed E-state index contributed by atoms with van der Waals surface area (Å²) in [6, 6.07) is 4.68. The molecule has 0 saturated carbocycles. The average molecular weight is 220 g/mol. The van der Waals surface area contributed by atoms with Crippen molar-refractivity contribution in [3.05, 3.63) is 30.1 Å². The fraction of sp³-hybridized carbons (Fsp3) is 0.200. The van der Waals surface area contributed by atoms with Gasteiger partial charge in [0.1, 0.15) is 5.69 Å². The predicted octanol–water partition coefficient (Wildman–Crippen LogP) is 0.508. The minimum Gasteiger partial charge on any atom is -0.457 e. The van der Waals surface area contributed by atoms with E-state index < -0.39 is 17.5 Å². The number of nitrogens with zero attached hydrogens (tertiary/aromatic N) is 2. The third-order valence-electron chi connectivity index (χ3n) is 1.69. The van der Waals surface area contributed by atoms with Crippen LogP contribution in [0, 0.1) is 5.53 Å². The Labute approximate surface area is 91.5 Å². The molecule has 0 saturated heterocycles. The van der Waals surface area contributed by atoms with Crippen LogP contribution in [-0.4, -0.2) is 33.8 Å². The SMILES string of the molecule is CCOC(=O)C(=[N+]=N)C(=O)c1ccccn1. The maximum absolute atomic E-state index is 11.7. The van der Waals surface area contributed by atoms with Gasteiger partial charge in [-0.2, -0.15) is 0 Å². The Hall–Kier alpha value is -2.33. The molecule has 1 N–H and O–H groups in total. The molecule has 0 fully saturated rings. The maximum atomic E-state index is 11.7. The van der Waals surface area contributed by atoms with Crippen molar-refractivity contribution in [3.63, 3.8) is 0 Å². The van der Waals surface area contributed by atoms with Gasteiger partial charge in [0.05, 0.1) is 16.9 Å². The zero-order valence-corrected chi connectivity index (χ0v) is 8.64. The lowest BCUT2D eigenvalue weighted by molar-refractivity contribution is -0.151. The summed E-state index contributed by atoms with van der Waals surface area (Å²) in [5, 5.41) is 0. The fourth-order valence-corrected chi connectivity index (χ4v) is 1.01. The molecule has 0 aromatic carbocycles. The van der Waals surface area contributed by atoms with Crippen LogP contribution in [0.3, 0.4) is 0 Å². The summed E-state index contributed by atoms with van der Waals surface area (Å²) in [5.41, 5.74) is 6.28. The monoisotopic (exact) mass is 220 g/mol. The predicted molar refractivity (Wildman–Crippen MR) is 53.2 cm³/mol. The topological polar surface area (TPSA) is 94.2 Å². The number of nitrogens with one attached hydrogen (secondary N) is 1. The Kier molecular flexibility index (Phi) is 4.06. The first-order valence-electron chi connectivity index (χ1n) is 4.58. The molecule has 0 unspecified atom stereocenters. The molecule has 0 radical (unpaired) electrons. The van der Waals surface area contributed by atoms with Gasteiger partial charge in [-0.25, -0.2) is 4.79 Å². The molecule has 16 heavy (non-hydrogen) atoms. The molecule has 0 aliphatic rings. The van der Waals surface area contributed by atoms with Crippen LogP contribution in [0.2, 0.25) is 0 Å². The third-order valence-corrected chi connectivity index (χ3v) is 1.69. The molecule has 0 aliphatic carbocycles. The second-order valence-electron chi connectivity index (χ2n) is 2.72. The Morgan fingerprint density at radius 3 is 2.75 bits per heavy atom. The van der Waals surface area contributed by atoms with Gasteiger partial charge in [-0.15, -0.1) is 0 Å². The van der Waals surface area contributed by atoms with Gasteiger partial charge >= 0.3 is 17.5 Å². The van der Waals surface area contributed by atoms with Crippen molar-refractivity contribution in [3.8, 4) is 0 Å². The molecule has 1 aromatic heterocycles. The summed E-state index contributed by atoms with van der Waals surface area (Å²) in [4.78, 5) is 29.6. The number of ether oxygens (including phenoxy) is 1. The van der Waals surface area contributed by atoms with Gasteiger partial charge in [-0.1, -0.05) is 6.07 Å². The summed E-state index contributed by atoms with van der Waals surface area (Å²) in [6.45, 7) is 1.72. The molecule has 0 aliphatic heterocycles. The van der Waals surface area contributed by atoms with E-state index in [2.05, 4.69) is 14.5 Å². The first-order chi connectivity index (χ1) is 7.70. The highest BCUT2D eigenvalue weighted by Crippen LogP contribution is 1.97. The summed E-state index contributed by atoms with van der Waals surface area (Å²) < 4.78 is 4.60. The van der Waals surface area contributed by atoms with E-state index in [1.54, 1.807) is 19.1 Å². The highest BCUT2D eigenvalue weighted by atomic mass is 16.5. The van der Waals surface area contributed by atoms with Crippen LogP contribution in [0.1, 0.15) is 17.4 Å². The molecule has 0 atom stereocenters. The first kappa shape index (κ1) is 11.7. The van der Waals surface area contributed by atoms with Crippen LogP contribution in [0.25, 0.3) is 0 Å². The van der Waals surface area contributed by atoms with E-state index in [-0.39, 0.29) is 12.3 Å². The smallest absolute Gasteiger partial charge is 0.457 e. The Morgan fingerprint density at radius 1 is 1.50 bits per heavy atom. The third kappa shape index (κ3) is 2.59. The molecule has 0 spiro atoms. The van der Waals surface area contributed by atoms with Gasteiger partial charge in [0, 0.05) is 6.20 Å². The lowest BCUT2D eigenvalue weighted by atomic mass is 10.1. The van der Waals surface area contributed by atoms with E-state index in [9.17, 15) is 9.59 Å². The zero-order valence-electron chi connectivity index (χ0n) is 8.64. The number of Topliss-reactive ketones (excluding diaryl/α,β-unsaturated/α-hetero) is 1. The lowest BCUT2D eigenvalue weighted by Gasteiger charge is -1.95. The molecule has 1 aromatic rings. The standard InChI is InChI=1S/C10H10N3O3/c1-2-16-10(15)8(13-11)9(14)7-5-3-4-6-12-7/h3-6,11H,2H2,1H3/q+1. The molecule has 6 nitrogen and oxygen atoms in total. The number of hydrogen-bond acceptors (Lipinski definition) is 5. The lowest BCUT2D eigenvalue weighted by Crippen LogP contribution is -2.28. The molecule has 1 heterocycles. The minimum absolute atomic E-state index is 0.0570. The van der Waals surface area contributed by atoms with E-state index >= 15 is 0 Å². The number of hydrogen-bond donors (Lipinski definition) is 1. The van der Waals surface area contributed by atoms with Gasteiger partial charge in [0.2, 0.25) is 0 Å². The van der Waals surface area contributed by atoms with E-state index in [4.69, 9.17) is 5.53 Å². The van der Waals surface area contributed by atoms with Crippen molar-refractivity contribution >= 4 is 17.5 Å². The average Bonchev–Trinajstić information content (AvgIpc) is 2.31. The number of pyridine rings is 1. The van der Waals surface area contributed by atoms with Crippen molar-refractivity contribution in [1.82, 2.24) is 4.98 Å². The molecule has 0 bridgehead atoms. The molecule has 0 amide bonds. The summed E-state index contributed by atoms with van der Waals surface area (Å²) in [5.74, 6) is -1.62. The number of esters is 1. The second kappa shape index (κ2) is 5.53. The Bertz CT molecular complexity index is 450. The van der Waals surface area contributed by atoms with Crippen molar-refractivity contribution in [2.24, 2.45) is 0 Å². The van der Waals surface area contributed by atoms with Crippen molar-refractivity contribution in [2.75, 3.05) is 6.61 Å². The van der Waals surface area contributed by atoms with Crippen LogP contribution >= 0.6 is 0 Å². The van der Waals surface area contributed by atoms with E-state index in [0.717, 1.165) is 0 Å². The first-order valence-corrected chi connectivity index (χ1v) is 4.58. The van der Waals surface area contributed by atoms with Crippen molar-refractivity contribution in [1.29, 1.82) is 5.53 Å². The van der Waals surface area contributed by atoms with Crippen molar-refractivity contribution in [2.45, 2.75) is 6.92 Å². The number of aromatic nitrogens is 1. The molecular weight excluding hydrogens is 210 g/mol. The van der Waals surface area contributed by atoms with Gasteiger partial charge in [0.25, 0.3) is 0 Å². The van der Waals surface area contributed by atoms with E-state index in [0.29, 0.717) is 0 Å². The van der Waals surface area contributed by atoms with Gasteiger partial charge in [-0.3, -0.25) is 9.78 Å². The quantitative estimate of drug-likeness (QED) is 0.200. The summed E-state index contributed by atoms with van der Waals surface area (Å²) in [7, 11) is 0. The van der Waals surface area contributed by atoms with Gasteiger partial charge in [0.15, 0.2) is 0 Å². The normalized spacial score (nSPS) is 9.06. The number of ketones is 1. The largest absolute Gasteiger partial charge is 0.497 e. The number of carbonyl (C=O) groups excluding carboxylic acids is 2.